The second kappa shape index (κ2) is 6.56. The van der Waals surface area contributed by atoms with E-state index < -0.39 is 14.1 Å². The molecule has 0 spiro atoms. The van der Waals surface area contributed by atoms with Crippen molar-refractivity contribution < 1.29 is 23.4 Å². The number of carbonyl (C=O) groups is 1. The van der Waals surface area contributed by atoms with Gasteiger partial charge in [0.15, 0.2) is 14.1 Å². The molecule has 2 heterocycles. The average Bonchev–Trinajstić information content (AvgIpc) is 2.87. The molecule has 5 nitrogen and oxygen atoms in total. The van der Waals surface area contributed by atoms with E-state index in [1.807, 2.05) is 13.8 Å². The van der Waals surface area contributed by atoms with Crippen molar-refractivity contribution >= 4 is 14.6 Å². The number of rotatable bonds is 6. The third-order valence-electron chi connectivity index (χ3n) is 5.23. The van der Waals surface area contributed by atoms with E-state index in [2.05, 4.69) is 33.9 Å². The maximum absolute atomic E-state index is 10.7. The van der Waals surface area contributed by atoms with Crippen molar-refractivity contribution in [1.29, 1.82) is 0 Å². The maximum atomic E-state index is 10.7. The van der Waals surface area contributed by atoms with E-state index in [4.69, 9.17) is 18.6 Å². The van der Waals surface area contributed by atoms with Crippen LogP contribution in [0.5, 0.6) is 0 Å². The fourth-order valence-electron chi connectivity index (χ4n) is 2.88. The molecule has 2 aliphatic heterocycles. The SMILES string of the molecule is CC1(C)O[C@@H]2[C@H](O1)[C@@H](CO[Si](C)(C)C(C)(C)C)O[C@H]2CCC=O. The number of hydrogen-bond donors (Lipinski definition) is 0. The number of carbonyl (C=O) groups excluding carboxylic acids is 1. The van der Waals surface area contributed by atoms with Crippen LogP contribution in [0.1, 0.15) is 47.5 Å². The molecule has 2 saturated heterocycles. The fourth-order valence-corrected chi connectivity index (χ4v) is 3.89. The third-order valence-corrected chi connectivity index (χ3v) is 9.73. The van der Waals surface area contributed by atoms with Gasteiger partial charge in [0.2, 0.25) is 0 Å². The standard InChI is InChI=1S/C17H32O5Si/c1-16(2,3)23(6,7)19-11-13-15-14(21-17(4,5)22-15)12(20-13)9-8-10-18/h10,12-15H,8-9,11H2,1-7H3/t12-,13+,14-,15+/m0/s1. The van der Waals surface area contributed by atoms with Crippen LogP contribution in [0.3, 0.4) is 0 Å². The van der Waals surface area contributed by atoms with E-state index in [-0.39, 0.29) is 29.5 Å². The average molecular weight is 345 g/mol. The second-order valence-corrected chi connectivity index (χ2v) is 13.4. The molecule has 4 atom stereocenters. The summed E-state index contributed by atoms with van der Waals surface area (Å²) in [4.78, 5) is 10.7. The van der Waals surface area contributed by atoms with Gasteiger partial charge in [0.05, 0.1) is 12.7 Å². The van der Waals surface area contributed by atoms with Gasteiger partial charge in [-0.25, -0.2) is 0 Å². The molecule has 0 aliphatic carbocycles. The van der Waals surface area contributed by atoms with Gasteiger partial charge in [-0.3, -0.25) is 0 Å². The molecule has 0 unspecified atom stereocenters. The van der Waals surface area contributed by atoms with Crippen LogP contribution in [0.2, 0.25) is 18.1 Å². The maximum Gasteiger partial charge on any atom is 0.192 e. The summed E-state index contributed by atoms with van der Waals surface area (Å²) in [5.74, 6) is -0.603. The highest BCUT2D eigenvalue weighted by atomic mass is 28.4. The summed E-state index contributed by atoms with van der Waals surface area (Å²) in [5, 5.41) is 0.161. The molecule has 6 heteroatoms. The van der Waals surface area contributed by atoms with Crippen LogP contribution in [-0.2, 0) is 23.4 Å². The molecule has 0 saturated carbocycles. The number of aldehydes is 1. The van der Waals surface area contributed by atoms with Crippen molar-refractivity contribution in [2.24, 2.45) is 0 Å². The first-order valence-corrected chi connectivity index (χ1v) is 11.5. The van der Waals surface area contributed by atoms with Gasteiger partial charge in [-0.2, -0.15) is 0 Å². The van der Waals surface area contributed by atoms with Crippen molar-refractivity contribution in [1.82, 2.24) is 0 Å². The lowest BCUT2D eigenvalue weighted by Gasteiger charge is -2.37. The molecule has 2 fully saturated rings. The van der Waals surface area contributed by atoms with Gasteiger partial charge in [-0.1, -0.05) is 20.8 Å². The minimum atomic E-state index is -1.83. The largest absolute Gasteiger partial charge is 0.414 e. The molecule has 0 N–H and O–H groups in total. The Morgan fingerprint density at radius 3 is 2.22 bits per heavy atom. The Balaban J connectivity index is 2.03. The fraction of sp³-hybridized carbons (Fsp3) is 0.941. The van der Waals surface area contributed by atoms with Gasteiger partial charge < -0.3 is 23.4 Å². The molecule has 0 radical (unpaired) electrons. The van der Waals surface area contributed by atoms with Gasteiger partial charge in [0.1, 0.15) is 24.6 Å². The summed E-state index contributed by atoms with van der Waals surface area (Å²) in [6.45, 7) is 15.5. The van der Waals surface area contributed by atoms with Gasteiger partial charge in [0.25, 0.3) is 0 Å². The van der Waals surface area contributed by atoms with Crippen LogP contribution in [0.15, 0.2) is 0 Å². The highest BCUT2D eigenvalue weighted by Crippen LogP contribution is 2.41. The van der Waals surface area contributed by atoms with E-state index >= 15 is 0 Å². The molecule has 0 aromatic carbocycles. The van der Waals surface area contributed by atoms with Crippen molar-refractivity contribution in [2.75, 3.05) is 6.61 Å². The smallest absolute Gasteiger partial charge is 0.192 e. The topological polar surface area (TPSA) is 54.0 Å². The van der Waals surface area contributed by atoms with E-state index in [0.717, 1.165) is 6.29 Å². The lowest BCUT2D eigenvalue weighted by atomic mass is 10.1. The number of fused-ring (bicyclic) bond motifs is 1. The normalized spacial score (nSPS) is 33.7. The first kappa shape index (κ1) is 19.1. The molecule has 0 amide bonds. The lowest BCUT2D eigenvalue weighted by molar-refractivity contribution is -0.190. The quantitative estimate of drug-likeness (QED) is 0.547. The number of ether oxygens (including phenoxy) is 3. The van der Waals surface area contributed by atoms with E-state index in [0.29, 0.717) is 19.4 Å². The summed E-state index contributed by atoms with van der Waals surface area (Å²) in [6.07, 6.45) is 1.62. The Morgan fingerprint density at radius 2 is 1.70 bits per heavy atom. The molecule has 0 aromatic heterocycles. The van der Waals surface area contributed by atoms with Crippen LogP contribution in [-0.4, -0.2) is 51.4 Å². The lowest BCUT2D eigenvalue weighted by Crippen LogP contribution is -2.44. The molecule has 2 rings (SSSR count). The van der Waals surface area contributed by atoms with E-state index in [1.165, 1.54) is 0 Å². The zero-order valence-corrected chi connectivity index (χ0v) is 16.5. The van der Waals surface area contributed by atoms with E-state index in [1.54, 1.807) is 0 Å². The van der Waals surface area contributed by atoms with Crippen LogP contribution >= 0.6 is 0 Å². The molecular formula is C17H32O5Si. The summed E-state index contributed by atoms with van der Waals surface area (Å²) in [6, 6.07) is 0. The molecule has 23 heavy (non-hydrogen) atoms. The van der Waals surface area contributed by atoms with Crippen molar-refractivity contribution in [3.8, 4) is 0 Å². The predicted molar refractivity (Wildman–Crippen MR) is 90.9 cm³/mol. The van der Waals surface area contributed by atoms with Gasteiger partial charge in [0, 0.05) is 6.42 Å². The Kier molecular flexibility index (Phi) is 5.43. The highest BCUT2D eigenvalue weighted by Gasteiger charge is 2.55. The Hall–Kier alpha value is -0.273. The van der Waals surface area contributed by atoms with Gasteiger partial charge in [-0.15, -0.1) is 0 Å². The van der Waals surface area contributed by atoms with Crippen LogP contribution in [0.25, 0.3) is 0 Å². The van der Waals surface area contributed by atoms with Crippen molar-refractivity contribution in [2.45, 2.75) is 95.8 Å². The van der Waals surface area contributed by atoms with E-state index in [9.17, 15) is 4.79 Å². The predicted octanol–water partition coefficient (Wildman–Crippen LogP) is 3.27. The molecular weight excluding hydrogens is 312 g/mol. The molecule has 2 aliphatic rings. The summed E-state index contributed by atoms with van der Waals surface area (Å²) >= 11 is 0. The van der Waals surface area contributed by atoms with Crippen LogP contribution in [0, 0.1) is 0 Å². The minimum Gasteiger partial charge on any atom is -0.414 e. The summed E-state index contributed by atoms with van der Waals surface area (Å²) in [5.41, 5.74) is 0. The van der Waals surface area contributed by atoms with Crippen molar-refractivity contribution in [3.05, 3.63) is 0 Å². The minimum absolute atomic E-state index is 0.0972. The van der Waals surface area contributed by atoms with Gasteiger partial charge in [-0.05, 0) is 38.4 Å². The Bertz CT molecular complexity index is 429. The zero-order valence-electron chi connectivity index (χ0n) is 15.5. The van der Waals surface area contributed by atoms with Crippen molar-refractivity contribution in [3.63, 3.8) is 0 Å². The Labute approximate surface area is 141 Å². The van der Waals surface area contributed by atoms with Crippen LogP contribution in [0.4, 0.5) is 0 Å². The number of hydrogen-bond acceptors (Lipinski definition) is 5. The highest BCUT2D eigenvalue weighted by molar-refractivity contribution is 6.74. The zero-order chi connectivity index (χ0) is 17.5. The molecule has 0 bridgehead atoms. The first-order valence-electron chi connectivity index (χ1n) is 8.55. The summed E-state index contributed by atoms with van der Waals surface area (Å²) < 4.78 is 24.5. The molecule has 0 aromatic rings. The monoisotopic (exact) mass is 344 g/mol. The first-order chi connectivity index (χ1) is 10.5. The Morgan fingerprint density at radius 1 is 1.13 bits per heavy atom. The van der Waals surface area contributed by atoms with Gasteiger partial charge >= 0.3 is 0 Å². The second-order valence-electron chi connectivity index (χ2n) is 8.59. The third kappa shape index (κ3) is 4.23. The summed E-state index contributed by atoms with van der Waals surface area (Å²) in [7, 11) is -1.83. The molecule has 134 valence electrons. The van der Waals surface area contributed by atoms with Crippen LogP contribution < -0.4 is 0 Å².